The zero-order valence-corrected chi connectivity index (χ0v) is 29.6. The van der Waals surface area contributed by atoms with Gasteiger partial charge in [-0.1, -0.05) is 13.8 Å². The number of nitrogens with one attached hydrogen (secondary N) is 3. The maximum Gasteiger partial charge on any atom is 0.404 e. The van der Waals surface area contributed by atoms with E-state index in [2.05, 4.69) is 41.2 Å². The number of carbonyl (C=O) groups is 2. The van der Waals surface area contributed by atoms with Crippen molar-refractivity contribution in [3.8, 4) is 11.5 Å². The van der Waals surface area contributed by atoms with Gasteiger partial charge in [-0.15, -0.1) is 0 Å². The number of carboxylic acid groups (broad SMARTS) is 2. The second kappa shape index (κ2) is 16.3. The third-order valence-electron chi connectivity index (χ3n) is 7.47. The van der Waals surface area contributed by atoms with Crippen LogP contribution in [0.2, 0.25) is 0 Å². The van der Waals surface area contributed by atoms with Gasteiger partial charge in [-0.25, -0.2) is 31.7 Å². The van der Waals surface area contributed by atoms with Gasteiger partial charge in [-0.2, -0.15) is 4.37 Å². The monoisotopic (exact) mass is 760 g/mol. The van der Waals surface area contributed by atoms with E-state index < -0.39 is 39.0 Å². The molecule has 14 nitrogen and oxygen atoms in total. The summed E-state index contributed by atoms with van der Waals surface area (Å²) in [6.45, 7) is 5.76. The van der Waals surface area contributed by atoms with Crippen molar-refractivity contribution in [1.29, 1.82) is 0 Å². The number of sulfonamides is 1. The molecule has 1 heterocycles. The van der Waals surface area contributed by atoms with Crippen LogP contribution in [0.3, 0.4) is 0 Å². The number of rotatable bonds is 17. The highest BCUT2D eigenvalue weighted by Gasteiger charge is 2.33. The molecular formula is C29H38BrFN6O8S2. The number of benzene rings is 2. The molecule has 2 amide bonds. The lowest BCUT2D eigenvalue weighted by Crippen LogP contribution is -2.42. The van der Waals surface area contributed by atoms with Crippen molar-refractivity contribution in [3.63, 3.8) is 0 Å². The molecule has 0 aliphatic heterocycles. The van der Waals surface area contributed by atoms with Crippen LogP contribution in [0, 0.1) is 17.2 Å². The van der Waals surface area contributed by atoms with Gasteiger partial charge in [0.2, 0.25) is 5.13 Å². The first-order valence-corrected chi connectivity index (χ1v) is 17.3. The van der Waals surface area contributed by atoms with Gasteiger partial charge in [0.25, 0.3) is 10.0 Å². The zero-order valence-electron chi connectivity index (χ0n) is 26.4. The SMILES string of the molecule is COc1ccc(CN(c2ncns2)S(=O)(=O)c2cc(Br)c(NC[C@H](CC(C)(C)CCNC(=O)O)[C@@H](C)NC(=O)O)cc2F)c(OC)c1. The highest BCUT2D eigenvalue weighted by atomic mass is 79.9. The number of amides is 2. The number of hydrogen-bond donors (Lipinski definition) is 5. The Morgan fingerprint density at radius 1 is 1.15 bits per heavy atom. The van der Waals surface area contributed by atoms with Crippen molar-refractivity contribution in [2.75, 3.05) is 36.9 Å². The predicted molar refractivity (Wildman–Crippen MR) is 179 cm³/mol. The summed E-state index contributed by atoms with van der Waals surface area (Å²) < 4.78 is 59.5. The molecule has 47 heavy (non-hydrogen) atoms. The number of methoxy groups -OCH3 is 2. The summed E-state index contributed by atoms with van der Waals surface area (Å²) in [5.74, 6) is -0.474. The Morgan fingerprint density at radius 2 is 1.87 bits per heavy atom. The Labute approximate surface area is 285 Å². The van der Waals surface area contributed by atoms with Crippen molar-refractivity contribution in [1.82, 2.24) is 20.0 Å². The smallest absolute Gasteiger partial charge is 0.404 e. The summed E-state index contributed by atoms with van der Waals surface area (Å²) in [6, 6.07) is 6.58. The number of halogens is 2. The standard InChI is InChI=1S/C29H38BrFN6O8S2/c1-17(36-28(40)41)19(13-29(2,3)8-9-32-27(38)39)14-33-23-12-22(31)25(11-21(23)30)47(42,43)37(26-34-16-35-46-26)15-18-6-7-20(44-4)10-24(18)45-5/h6-7,10-12,16-17,19,32-33,36H,8-9,13-15H2,1-5H3,(H,38,39)(H,40,41)/t17-,19+/m1/s1. The Bertz CT molecular complexity index is 1650. The summed E-state index contributed by atoms with van der Waals surface area (Å²) in [4.78, 5) is 25.7. The van der Waals surface area contributed by atoms with Crippen molar-refractivity contribution >= 4 is 60.5 Å². The number of nitrogens with zero attached hydrogens (tertiary/aromatic N) is 3. The van der Waals surface area contributed by atoms with Gasteiger partial charge in [0.1, 0.15) is 28.5 Å². The number of ether oxygens (including phenoxy) is 2. The molecule has 3 rings (SSSR count). The number of hydrogen-bond acceptors (Lipinski definition) is 10. The van der Waals surface area contributed by atoms with Gasteiger partial charge < -0.3 is 35.6 Å². The fraction of sp³-hybridized carbons (Fsp3) is 0.448. The van der Waals surface area contributed by atoms with Crippen molar-refractivity contribution < 1.29 is 42.1 Å². The molecule has 2 atom stereocenters. The van der Waals surface area contributed by atoms with E-state index in [9.17, 15) is 23.1 Å². The lowest BCUT2D eigenvalue weighted by atomic mass is 9.77. The van der Waals surface area contributed by atoms with E-state index in [0.717, 1.165) is 28.0 Å². The van der Waals surface area contributed by atoms with Gasteiger partial charge in [0.15, 0.2) is 0 Å². The minimum absolute atomic E-state index is 0.0181. The summed E-state index contributed by atoms with van der Waals surface area (Å²) in [5, 5.41) is 26.2. The number of anilines is 2. The normalized spacial score (nSPS) is 12.9. The van der Waals surface area contributed by atoms with Gasteiger partial charge in [-0.05, 0) is 71.3 Å². The fourth-order valence-corrected chi connectivity index (χ4v) is 7.79. The molecule has 0 unspecified atom stereocenters. The molecule has 0 bridgehead atoms. The van der Waals surface area contributed by atoms with Gasteiger partial charge >= 0.3 is 12.2 Å². The molecule has 0 saturated heterocycles. The average Bonchev–Trinajstić information content (AvgIpc) is 3.53. The zero-order chi connectivity index (χ0) is 34.9. The lowest BCUT2D eigenvalue weighted by molar-refractivity contribution is 0.173. The largest absolute Gasteiger partial charge is 0.497 e. The predicted octanol–water partition coefficient (Wildman–Crippen LogP) is 5.61. The molecule has 1 aromatic heterocycles. The van der Waals surface area contributed by atoms with E-state index in [1.807, 2.05) is 13.8 Å². The van der Waals surface area contributed by atoms with Crippen LogP contribution in [-0.4, -0.2) is 73.5 Å². The first kappa shape index (κ1) is 37.6. The van der Waals surface area contributed by atoms with E-state index in [0.29, 0.717) is 29.9 Å². The van der Waals surface area contributed by atoms with Crippen LogP contribution in [0.15, 0.2) is 46.0 Å². The minimum Gasteiger partial charge on any atom is -0.497 e. The van der Waals surface area contributed by atoms with Crippen LogP contribution in [0.4, 0.5) is 24.8 Å². The van der Waals surface area contributed by atoms with E-state index in [1.54, 1.807) is 25.1 Å². The van der Waals surface area contributed by atoms with E-state index >= 15 is 4.39 Å². The Hall–Kier alpha value is -3.90. The second-order valence-corrected chi connectivity index (χ2v) is 14.8. The highest BCUT2D eigenvalue weighted by molar-refractivity contribution is 9.10. The van der Waals surface area contributed by atoms with Crippen molar-refractivity contribution in [2.45, 2.75) is 51.1 Å². The summed E-state index contributed by atoms with van der Waals surface area (Å²) in [5.41, 5.74) is 0.338. The van der Waals surface area contributed by atoms with Crippen LogP contribution < -0.4 is 29.7 Å². The fourth-order valence-electron chi connectivity index (χ4n) is 4.95. The maximum absolute atomic E-state index is 15.8. The first-order valence-electron chi connectivity index (χ1n) is 14.3. The quantitative estimate of drug-likeness (QED) is 0.115. The molecule has 0 radical (unpaired) electrons. The van der Waals surface area contributed by atoms with Crippen molar-refractivity contribution in [2.24, 2.45) is 11.3 Å². The summed E-state index contributed by atoms with van der Waals surface area (Å²) in [7, 11) is -1.61. The topological polar surface area (TPSA) is 192 Å². The lowest BCUT2D eigenvalue weighted by Gasteiger charge is -2.33. The van der Waals surface area contributed by atoms with Crippen molar-refractivity contribution in [3.05, 3.63) is 52.5 Å². The van der Waals surface area contributed by atoms with Crippen LogP contribution in [0.25, 0.3) is 0 Å². The van der Waals surface area contributed by atoms with Gasteiger partial charge in [0, 0.05) is 46.8 Å². The number of aromatic nitrogens is 2. The van der Waals surface area contributed by atoms with Gasteiger partial charge in [0.05, 0.1) is 26.5 Å². The minimum atomic E-state index is -4.53. The summed E-state index contributed by atoms with van der Waals surface area (Å²) in [6.07, 6.45) is -0.159. The van der Waals surface area contributed by atoms with Crippen LogP contribution >= 0.6 is 27.5 Å². The van der Waals surface area contributed by atoms with Crippen LogP contribution in [-0.2, 0) is 16.6 Å². The molecular weight excluding hydrogens is 723 g/mol. The third-order valence-corrected chi connectivity index (χ3v) is 10.7. The molecule has 0 spiro atoms. The Kier molecular flexibility index (Phi) is 13.0. The average molecular weight is 762 g/mol. The van der Waals surface area contributed by atoms with E-state index in [-0.39, 0.29) is 46.3 Å². The third kappa shape index (κ3) is 10.3. The Morgan fingerprint density at radius 3 is 2.47 bits per heavy atom. The molecule has 0 saturated carbocycles. The molecule has 0 aliphatic rings. The van der Waals surface area contributed by atoms with Crippen LogP contribution in [0.1, 0.15) is 39.2 Å². The maximum atomic E-state index is 15.8. The Balaban J connectivity index is 1.90. The summed E-state index contributed by atoms with van der Waals surface area (Å²) >= 11 is 4.20. The van der Waals surface area contributed by atoms with E-state index in [4.69, 9.17) is 14.6 Å². The van der Waals surface area contributed by atoms with Gasteiger partial charge in [-0.3, -0.25) is 0 Å². The molecule has 18 heteroatoms. The van der Waals surface area contributed by atoms with Crippen LogP contribution in [0.5, 0.6) is 11.5 Å². The molecule has 0 fully saturated rings. The molecule has 2 aromatic carbocycles. The molecule has 0 aliphatic carbocycles. The highest BCUT2D eigenvalue weighted by Crippen LogP contribution is 2.36. The first-order chi connectivity index (χ1) is 22.1. The van der Waals surface area contributed by atoms with E-state index in [1.165, 1.54) is 20.5 Å². The molecule has 5 N–H and O–H groups in total. The molecule has 258 valence electrons. The molecule has 3 aromatic rings. The second-order valence-electron chi connectivity index (χ2n) is 11.4.